The monoisotopic (exact) mass is 349 g/mol. The minimum atomic E-state index is -0.0580. The molecule has 0 aliphatic carbocycles. The van der Waals surface area contributed by atoms with Gasteiger partial charge in [0.15, 0.2) is 0 Å². The van der Waals surface area contributed by atoms with E-state index >= 15 is 0 Å². The minimum absolute atomic E-state index is 0. The van der Waals surface area contributed by atoms with Crippen LogP contribution in [0, 0.1) is 5.92 Å². The number of benzene rings is 1. The highest BCUT2D eigenvalue weighted by Crippen LogP contribution is 2.18. The molecule has 7 heteroatoms. The summed E-state index contributed by atoms with van der Waals surface area (Å²) in [4.78, 5) is 14.2. The molecule has 1 amide bonds. The predicted molar refractivity (Wildman–Crippen MR) is 93.7 cm³/mol. The molecule has 1 aromatic carbocycles. The quantitative estimate of drug-likeness (QED) is 0.781. The van der Waals surface area contributed by atoms with Gasteiger partial charge in [-0.15, -0.1) is 24.8 Å². The lowest BCUT2D eigenvalue weighted by molar-refractivity contribution is 0.0938. The van der Waals surface area contributed by atoms with Crippen molar-refractivity contribution >= 4 is 30.7 Å². The van der Waals surface area contributed by atoms with Crippen LogP contribution in [0.15, 0.2) is 24.3 Å². The Morgan fingerprint density at radius 2 is 2.00 bits per heavy atom. The number of carbonyl (C=O) groups is 1. The zero-order valence-electron chi connectivity index (χ0n) is 13.0. The van der Waals surface area contributed by atoms with Gasteiger partial charge in [-0.2, -0.15) is 0 Å². The highest BCUT2D eigenvalue weighted by Gasteiger charge is 2.18. The largest absolute Gasteiger partial charge is 0.491 e. The second kappa shape index (κ2) is 10.7. The van der Waals surface area contributed by atoms with Crippen molar-refractivity contribution in [2.45, 2.75) is 0 Å². The Morgan fingerprint density at radius 1 is 1.32 bits per heavy atom. The third-order valence-corrected chi connectivity index (χ3v) is 3.35. The topological polar surface area (TPSA) is 53.6 Å². The molecule has 2 rings (SSSR count). The van der Waals surface area contributed by atoms with Crippen LogP contribution in [0.4, 0.5) is 0 Å². The van der Waals surface area contributed by atoms with E-state index < -0.39 is 0 Å². The molecule has 1 aromatic rings. The van der Waals surface area contributed by atoms with Crippen LogP contribution in [0.2, 0.25) is 0 Å². The lowest BCUT2D eigenvalue weighted by Gasteiger charge is -2.27. The fourth-order valence-corrected chi connectivity index (χ4v) is 1.94. The van der Waals surface area contributed by atoms with E-state index in [1.165, 1.54) is 0 Å². The van der Waals surface area contributed by atoms with Gasteiger partial charge in [0.25, 0.3) is 5.91 Å². The highest BCUT2D eigenvalue weighted by atomic mass is 35.5. The first-order valence-corrected chi connectivity index (χ1v) is 7.02. The molecule has 22 heavy (non-hydrogen) atoms. The Hall–Kier alpha value is -1.01. The predicted octanol–water partition coefficient (Wildman–Crippen LogP) is 1.42. The molecule has 5 nitrogen and oxygen atoms in total. The molecular weight excluding hydrogens is 325 g/mol. The summed E-state index contributed by atoms with van der Waals surface area (Å²) in [6, 6.07) is 7.39. The summed E-state index contributed by atoms with van der Waals surface area (Å²) in [5, 5.41) is 6.17. The Morgan fingerprint density at radius 3 is 2.59 bits per heavy atom. The molecule has 1 aliphatic rings. The van der Waals surface area contributed by atoms with Crippen molar-refractivity contribution in [3.05, 3.63) is 29.8 Å². The van der Waals surface area contributed by atoms with Crippen LogP contribution in [0.5, 0.6) is 5.75 Å². The first-order chi connectivity index (χ1) is 9.66. The Bertz CT molecular complexity index is 454. The van der Waals surface area contributed by atoms with E-state index in [0.29, 0.717) is 23.8 Å². The van der Waals surface area contributed by atoms with E-state index in [-0.39, 0.29) is 30.7 Å². The number of amides is 1. The summed E-state index contributed by atoms with van der Waals surface area (Å²) in [5.41, 5.74) is 0.610. The van der Waals surface area contributed by atoms with Gasteiger partial charge in [-0.1, -0.05) is 12.1 Å². The van der Waals surface area contributed by atoms with Crippen LogP contribution < -0.4 is 15.4 Å². The smallest absolute Gasteiger partial charge is 0.255 e. The maximum absolute atomic E-state index is 12.2. The van der Waals surface area contributed by atoms with Crippen molar-refractivity contribution in [3.8, 4) is 5.75 Å². The molecular formula is C15H25Cl2N3O2. The maximum Gasteiger partial charge on any atom is 0.255 e. The number of halogens is 2. The number of nitrogens with one attached hydrogen (secondary N) is 2. The van der Waals surface area contributed by atoms with Crippen LogP contribution in [-0.2, 0) is 0 Å². The molecule has 126 valence electrons. The zero-order chi connectivity index (χ0) is 14.4. The van der Waals surface area contributed by atoms with Crippen LogP contribution in [0.3, 0.4) is 0 Å². The Kier molecular flexibility index (Phi) is 10.2. The van der Waals surface area contributed by atoms with E-state index in [1.54, 1.807) is 6.07 Å². The van der Waals surface area contributed by atoms with Gasteiger partial charge in [0, 0.05) is 32.1 Å². The molecule has 0 atom stereocenters. The number of nitrogens with zero attached hydrogens (tertiary/aromatic N) is 1. The second-order valence-electron chi connectivity index (χ2n) is 5.38. The van der Waals surface area contributed by atoms with Crippen LogP contribution in [-0.4, -0.2) is 57.7 Å². The molecule has 0 aromatic heterocycles. The molecule has 2 N–H and O–H groups in total. The van der Waals surface area contributed by atoms with Crippen molar-refractivity contribution < 1.29 is 9.53 Å². The maximum atomic E-state index is 12.2. The van der Waals surface area contributed by atoms with Gasteiger partial charge < -0.3 is 20.3 Å². The molecule has 1 saturated heterocycles. The van der Waals surface area contributed by atoms with E-state index in [4.69, 9.17) is 4.74 Å². The summed E-state index contributed by atoms with van der Waals surface area (Å²) >= 11 is 0. The molecule has 0 saturated carbocycles. The van der Waals surface area contributed by atoms with Crippen molar-refractivity contribution in [2.75, 3.05) is 46.9 Å². The summed E-state index contributed by atoms with van der Waals surface area (Å²) in [5.74, 6) is 1.15. The SMILES string of the molecule is CN(C)CCOc1ccccc1C(=O)NCC1CNC1.Cl.Cl. The molecule has 0 bridgehead atoms. The average Bonchev–Trinajstić information content (AvgIpc) is 2.37. The number of hydrogen-bond acceptors (Lipinski definition) is 4. The summed E-state index contributed by atoms with van der Waals surface area (Å²) in [7, 11) is 3.99. The number of likely N-dealkylation sites (N-methyl/N-ethyl adjacent to an activating group) is 1. The summed E-state index contributed by atoms with van der Waals surface area (Å²) in [6.45, 7) is 4.09. The Balaban J connectivity index is 0.00000220. The fourth-order valence-electron chi connectivity index (χ4n) is 1.94. The lowest BCUT2D eigenvalue weighted by Crippen LogP contribution is -2.48. The van der Waals surface area contributed by atoms with E-state index in [2.05, 4.69) is 10.6 Å². The molecule has 0 spiro atoms. The van der Waals surface area contributed by atoms with Gasteiger partial charge in [0.2, 0.25) is 0 Å². The van der Waals surface area contributed by atoms with E-state index in [0.717, 1.165) is 26.2 Å². The van der Waals surface area contributed by atoms with E-state index in [1.807, 2.05) is 37.2 Å². The number of carbonyl (C=O) groups excluding carboxylic acids is 1. The third kappa shape index (κ3) is 6.40. The molecule has 1 fully saturated rings. The first-order valence-electron chi connectivity index (χ1n) is 7.02. The summed E-state index contributed by atoms with van der Waals surface area (Å²) in [6.07, 6.45) is 0. The molecule has 0 unspecified atom stereocenters. The van der Waals surface area contributed by atoms with Gasteiger partial charge >= 0.3 is 0 Å². The third-order valence-electron chi connectivity index (χ3n) is 3.35. The lowest BCUT2D eigenvalue weighted by atomic mass is 10.0. The van der Waals surface area contributed by atoms with Crippen molar-refractivity contribution in [3.63, 3.8) is 0 Å². The second-order valence-corrected chi connectivity index (χ2v) is 5.38. The van der Waals surface area contributed by atoms with E-state index in [9.17, 15) is 4.79 Å². The minimum Gasteiger partial charge on any atom is -0.491 e. The van der Waals surface area contributed by atoms with Crippen LogP contribution >= 0.6 is 24.8 Å². The van der Waals surface area contributed by atoms with Gasteiger partial charge in [0.05, 0.1) is 5.56 Å². The number of hydrogen-bond donors (Lipinski definition) is 2. The standard InChI is InChI=1S/C15H23N3O2.2ClH/c1-18(2)7-8-20-14-6-4-3-5-13(14)15(19)17-11-12-9-16-10-12;;/h3-6,12,16H,7-11H2,1-2H3,(H,17,19);2*1H. The first kappa shape index (κ1) is 21.0. The zero-order valence-corrected chi connectivity index (χ0v) is 14.6. The van der Waals surface area contributed by atoms with Gasteiger partial charge in [-0.25, -0.2) is 0 Å². The number of para-hydroxylation sites is 1. The fraction of sp³-hybridized carbons (Fsp3) is 0.533. The summed E-state index contributed by atoms with van der Waals surface area (Å²) < 4.78 is 5.70. The molecule has 1 aliphatic heterocycles. The van der Waals surface area contributed by atoms with Crippen molar-refractivity contribution in [1.29, 1.82) is 0 Å². The van der Waals surface area contributed by atoms with Crippen molar-refractivity contribution in [2.24, 2.45) is 5.92 Å². The average molecular weight is 350 g/mol. The molecule has 0 radical (unpaired) electrons. The van der Waals surface area contributed by atoms with Gasteiger partial charge in [-0.3, -0.25) is 4.79 Å². The Labute approximate surface area is 144 Å². The normalized spacial score (nSPS) is 13.6. The van der Waals surface area contributed by atoms with Gasteiger partial charge in [-0.05, 0) is 26.2 Å². The highest BCUT2D eigenvalue weighted by molar-refractivity contribution is 5.96. The number of rotatable bonds is 7. The van der Waals surface area contributed by atoms with Crippen molar-refractivity contribution in [1.82, 2.24) is 15.5 Å². The van der Waals surface area contributed by atoms with Crippen LogP contribution in [0.1, 0.15) is 10.4 Å². The van der Waals surface area contributed by atoms with Gasteiger partial charge in [0.1, 0.15) is 12.4 Å². The molecule has 1 heterocycles. The van der Waals surface area contributed by atoms with Crippen LogP contribution in [0.25, 0.3) is 0 Å². The number of ether oxygens (including phenoxy) is 1.